The average molecular weight is 374 g/mol. The van der Waals surface area contributed by atoms with Crippen molar-refractivity contribution in [2.24, 2.45) is 11.8 Å². The quantitative estimate of drug-likeness (QED) is 0.798. The van der Waals surface area contributed by atoms with Gasteiger partial charge in [-0.05, 0) is 49.9 Å². The summed E-state index contributed by atoms with van der Waals surface area (Å²) in [5.41, 5.74) is 0.612. The van der Waals surface area contributed by atoms with Crippen LogP contribution in [0.25, 0.3) is 0 Å². The molecule has 146 valence electrons. The molecule has 3 rings (SSSR count). The van der Waals surface area contributed by atoms with Gasteiger partial charge in [0.1, 0.15) is 5.75 Å². The van der Waals surface area contributed by atoms with E-state index in [1.807, 2.05) is 4.90 Å². The first-order chi connectivity index (χ1) is 13.0. The smallest absolute Gasteiger partial charge is 0.341 e. The van der Waals surface area contributed by atoms with Gasteiger partial charge in [0.05, 0.1) is 0 Å². The van der Waals surface area contributed by atoms with E-state index in [0.717, 1.165) is 51.6 Å². The third kappa shape index (κ3) is 4.99. The van der Waals surface area contributed by atoms with Crippen molar-refractivity contribution in [2.75, 3.05) is 25.0 Å². The topological polar surface area (TPSA) is 95.9 Å². The lowest BCUT2D eigenvalue weighted by molar-refractivity contribution is -0.141. The Labute approximate surface area is 158 Å². The number of carbonyl (C=O) groups is 3. The zero-order chi connectivity index (χ0) is 19.2. The molecule has 1 aromatic rings. The molecule has 1 aliphatic carbocycles. The van der Waals surface area contributed by atoms with Gasteiger partial charge in [-0.2, -0.15) is 0 Å². The highest BCUT2D eigenvalue weighted by atomic mass is 16.5. The number of benzene rings is 1. The van der Waals surface area contributed by atoms with Crippen LogP contribution < -0.4 is 10.1 Å². The maximum absolute atomic E-state index is 12.8. The van der Waals surface area contributed by atoms with Crippen molar-refractivity contribution in [3.05, 3.63) is 24.3 Å². The molecule has 1 saturated carbocycles. The molecule has 1 heterocycles. The van der Waals surface area contributed by atoms with Gasteiger partial charge in [-0.1, -0.05) is 12.8 Å². The van der Waals surface area contributed by atoms with Gasteiger partial charge in [0.2, 0.25) is 11.8 Å². The van der Waals surface area contributed by atoms with Crippen molar-refractivity contribution in [1.29, 1.82) is 0 Å². The van der Waals surface area contributed by atoms with Gasteiger partial charge < -0.3 is 20.1 Å². The van der Waals surface area contributed by atoms with Crippen LogP contribution in [0.3, 0.4) is 0 Å². The number of carboxylic acid groups (broad SMARTS) is 1. The highest BCUT2D eigenvalue weighted by Crippen LogP contribution is 2.33. The molecule has 2 aliphatic rings. The number of hydrogen-bond donors (Lipinski definition) is 2. The van der Waals surface area contributed by atoms with Crippen LogP contribution in [0.5, 0.6) is 5.75 Å². The number of nitrogens with zero attached hydrogens (tertiary/aromatic N) is 1. The van der Waals surface area contributed by atoms with Crippen molar-refractivity contribution in [1.82, 2.24) is 4.90 Å². The number of nitrogens with one attached hydrogen (secondary N) is 1. The molecule has 0 radical (unpaired) electrons. The molecule has 27 heavy (non-hydrogen) atoms. The highest BCUT2D eigenvalue weighted by molar-refractivity contribution is 5.96. The first-order valence-electron chi connectivity index (χ1n) is 9.59. The molecule has 2 N–H and O–H groups in total. The van der Waals surface area contributed by atoms with Crippen LogP contribution in [0.2, 0.25) is 0 Å². The van der Waals surface area contributed by atoms with Crippen LogP contribution in [-0.2, 0) is 14.4 Å². The average Bonchev–Trinajstić information content (AvgIpc) is 3.21. The van der Waals surface area contributed by atoms with Gasteiger partial charge >= 0.3 is 5.97 Å². The fourth-order valence-electron chi connectivity index (χ4n) is 3.93. The molecule has 2 atom stereocenters. The van der Waals surface area contributed by atoms with E-state index >= 15 is 0 Å². The van der Waals surface area contributed by atoms with Crippen molar-refractivity contribution < 1.29 is 24.2 Å². The van der Waals surface area contributed by atoms with Gasteiger partial charge in [0.15, 0.2) is 6.61 Å². The minimum absolute atomic E-state index is 0.119. The lowest BCUT2D eigenvalue weighted by atomic mass is 9.77. The van der Waals surface area contributed by atoms with Crippen LogP contribution >= 0.6 is 0 Å². The zero-order valence-electron chi connectivity index (χ0n) is 15.4. The van der Waals surface area contributed by atoms with E-state index in [-0.39, 0.29) is 23.7 Å². The summed E-state index contributed by atoms with van der Waals surface area (Å²) in [6.45, 7) is 1.21. The standard InChI is InChI=1S/C20H26N2O5/c23-18(24)13-27-15-9-7-14(8-10-15)21-19(25)16-5-1-2-6-17(16)20(26)22-11-3-4-12-22/h7-10,16-17H,1-6,11-13H2,(H,21,25)(H,23,24). The van der Waals surface area contributed by atoms with Crippen molar-refractivity contribution in [3.8, 4) is 5.75 Å². The summed E-state index contributed by atoms with van der Waals surface area (Å²) in [5, 5.41) is 11.5. The molecule has 2 amide bonds. The third-order valence-corrected chi connectivity index (χ3v) is 5.32. The Morgan fingerprint density at radius 1 is 1.00 bits per heavy atom. The van der Waals surface area contributed by atoms with E-state index in [4.69, 9.17) is 9.84 Å². The van der Waals surface area contributed by atoms with E-state index in [1.165, 1.54) is 0 Å². The second kappa shape index (κ2) is 8.88. The second-order valence-corrected chi connectivity index (χ2v) is 7.23. The van der Waals surface area contributed by atoms with E-state index in [2.05, 4.69) is 5.32 Å². The summed E-state index contributed by atoms with van der Waals surface area (Å²) in [6, 6.07) is 6.59. The van der Waals surface area contributed by atoms with E-state index in [9.17, 15) is 14.4 Å². The molecule has 0 spiro atoms. The molecule has 2 unspecified atom stereocenters. The predicted octanol–water partition coefficient (Wildman–Crippen LogP) is 2.52. The van der Waals surface area contributed by atoms with Gasteiger partial charge in [0.25, 0.3) is 0 Å². The minimum atomic E-state index is -1.04. The Hall–Kier alpha value is -2.57. The molecule has 0 aromatic heterocycles. The second-order valence-electron chi connectivity index (χ2n) is 7.23. The van der Waals surface area contributed by atoms with Crippen LogP contribution in [0, 0.1) is 11.8 Å². The molecule has 7 heteroatoms. The van der Waals surface area contributed by atoms with E-state index < -0.39 is 12.6 Å². The minimum Gasteiger partial charge on any atom is -0.482 e. The number of anilines is 1. The molecule has 2 fully saturated rings. The number of carbonyl (C=O) groups excluding carboxylic acids is 2. The zero-order valence-corrected chi connectivity index (χ0v) is 15.4. The number of rotatable bonds is 6. The normalized spacial score (nSPS) is 22.3. The molecule has 7 nitrogen and oxygen atoms in total. The van der Waals surface area contributed by atoms with E-state index in [1.54, 1.807) is 24.3 Å². The Bertz CT molecular complexity index is 682. The van der Waals surface area contributed by atoms with Gasteiger partial charge in [-0.15, -0.1) is 0 Å². The Kier molecular flexibility index (Phi) is 6.32. The molecule has 0 bridgehead atoms. The summed E-state index contributed by atoms with van der Waals surface area (Å²) in [4.78, 5) is 38.1. The monoisotopic (exact) mass is 374 g/mol. The molecule has 1 aromatic carbocycles. The summed E-state index contributed by atoms with van der Waals surface area (Å²) in [5.74, 6) is -1.13. The van der Waals surface area contributed by atoms with Crippen LogP contribution in [0.1, 0.15) is 38.5 Å². The number of likely N-dealkylation sites (tertiary alicyclic amines) is 1. The number of ether oxygens (including phenoxy) is 1. The number of amides is 2. The summed E-state index contributed by atoms with van der Waals surface area (Å²) in [7, 11) is 0. The summed E-state index contributed by atoms with van der Waals surface area (Å²) < 4.78 is 5.09. The first kappa shape index (κ1) is 19.2. The third-order valence-electron chi connectivity index (χ3n) is 5.32. The summed E-state index contributed by atoms with van der Waals surface area (Å²) in [6.07, 6.45) is 5.55. The lowest BCUT2D eigenvalue weighted by Crippen LogP contribution is -2.42. The van der Waals surface area contributed by atoms with Crippen molar-refractivity contribution in [3.63, 3.8) is 0 Å². The van der Waals surface area contributed by atoms with Crippen LogP contribution in [-0.4, -0.2) is 47.5 Å². The molecular weight excluding hydrogens is 348 g/mol. The number of aliphatic carboxylic acids is 1. The lowest BCUT2D eigenvalue weighted by Gasteiger charge is -2.32. The van der Waals surface area contributed by atoms with Crippen LogP contribution in [0.4, 0.5) is 5.69 Å². The predicted molar refractivity (Wildman–Crippen MR) is 99.5 cm³/mol. The number of hydrogen-bond acceptors (Lipinski definition) is 4. The number of carboxylic acids is 1. The van der Waals surface area contributed by atoms with E-state index in [0.29, 0.717) is 11.4 Å². The highest BCUT2D eigenvalue weighted by Gasteiger charge is 2.38. The molecular formula is C20H26N2O5. The van der Waals surface area contributed by atoms with Gasteiger partial charge in [-0.25, -0.2) is 4.79 Å². The van der Waals surface area contributed by atoms with Crippen molar-refractivity contribution >= 4 is 23.5 Å². The fraction of sp³-hybridized carbons (Fsp3) is 0.550. The van der Waals surface area contributed by atoms with Crippen LogP contribution in [0.15, 0.2) is 24.3 Å². The fourth-order valence-corrected chi connectivity index (χ4v) is 3.93. The first-order valence-corrected chi connectivity index (χ1v) is 9.59. The summed E-state index contributed by atoms with van der Waals surface area (Å²) >= 11 is 0. The Balaban J connectivity index is 1.61. The van der Waals surface area contributed by atoms with Crippen molar-refractivity contribution in [2.45, 2.75) is 38.5 Å². The maximum Gasteiger partial charge on any atom is 0.341 e. The Morgan fingerprint density at radius 2 is 1.63 bits per heavy atom. The Morgan fingerprint density at radius 3 is 2.26 bits per heavy atom. The maximum atomic E-state index is 12.8. The largest absolute Gasteiger partial charge is 0.482 e. The molecule has 1 saturated heterocycles. The van der Waals surface area contributed by atoms with Gasteiger partial charge in [-0.3, -0.25) is 9.59 Å². The molecule has 1 aliphatic heterocycles. The van der Waals surface area contributed by atoms with Gasteiger partial charge in [0, 0.05) is 30.6 Å². The SMILES string of the molecule is O=C(O)COc1ccc(NC(=O)C2CCCCC2C(=O)N2CCCC2)cc1.